The molecule has 0 aliphatic rings. The molecule has 0 saturated carbocycles. The first-order valence-corrected chi connectivity index (χ1v) is 10.5. The molecule has 0 heterocycles. The first kappa shape index (κ1) is 23.4. The summed E-state index contributed by atoms with van der Waals surface area (Å²) in [5.41, 5.74) is 2.16. The maximum absolute atomic E-state index is 3.41. The third-order valence-electron chi connectivity index (χ3n) is 3.96. The summed E-state index contributed by atoms with van der Waals surface area (Å²) in [6.45, 7) is 8.87. The molecule has 0 radical (unpaired) electrons. The Labute approximate surface area is 158 Å². The van der Waals surface area contributed by atoms with E-state index in [1.807, 2.05) is 0 Å². The summed E-state index contributed by atoms with van der Waals surface area (Å²) >= 11 is 0. The fourth-order valence-corrected chi connectivity index (χ4v) is 2.25. The molecule has 138 valence electrons. The number of hydrogen-bond donors (Lipinski definition) is 0. The fourth-order valence-electron chi connectivity index (χ4n) is 2.25. The maximum Gasteiger partial charge on any atom is 0.0859 e. The van der Waals surface area contributed by atoms with Gasteiger partial charge in [0.15, 0.2) is 0 Å². The van der Waals surface area contributed by atoms with Gasteiger partial charge in [-0.05, 0) is 32.1 Å². The van der Waals surface area contributed by atoms with E-state index in [9.17, 15) is 0 Å². The Balaban J connectivity index is 5.34. The number of unbranched alkanes of at least 4 members (excludes halogenated alkanes) is 8. The van der Waals surface area contributed by atoms with Crippen LogP contribution in [-0.4, -0.2) is 0 Å². The van der Waals surface area contributed by atoms with E-state index in [4.69, 9.17) is 0 Å². The first-order valence-electron chi connectivity index (χ1n) is 10.5. The Morgan fingerprint density at radius 2 is 1.00 bits per heavy atom. The van der Waals surface area contributed by atoms with Gasteiger partial charge < -0.3 is 0 Å². The van der Waals surface area contributed by atoms with Crippen LogP contribution < -0.4 is 0 Å². The van der Waals surface area contributed by atoms with Crippen molar-refractivity contribution in [1.82, 2.24) is 0 Å². The highest BCUT2D eigenvalue weighted by Gasteiger charge is 2.00. The SMILES string of the molecule is CCCCC#C/C(C#CCCCCC)=C(/C#CCCCC)CCCC. The van der Waals surface area contributed by atoms with E-state index in [1.54, 1.807) is 0 Å². The van der Waals surface area contributed by atoms with Crippen molar-refractivity contribution in [1.29, 1.82) is 0 Å². The molecule has 0 aromatic carbocycles. The Morgan fingerprint density at radius 1 is 0.520 bits per heavy atom. The maximum atomic E-state index is 3.41. The minimum atomic E-state index is 0.960. The van der Waals surface area contributed by atoms with Crippen LogP contribution in [0, 0.1) is 35.5 Å². The normalized spacial score (nSPS) is 10.6. The van der Waals surface area contributed by atoms with Crippen molar-refractivity contribution in [3.8, 4) is 35.5 Å². The lowest BCUT2D eigenvalue weighted by atomic mass is 10.0. The van der Waals surface area contributed by atoms with E-state index in [2.05, 4.69) is 63.2 Å². The highest BCUT2D eigenvalue weighted by molar-refractivity contribution is 5.53. The van der Waals surface area contributed by atoms with Crippen LogP contribution in [0.3, 0.4) is 0 Å². The molecular weight excluding hydrogens is 300 g/mol. The zero-order valence-corrected chi connectivity index (χ0v) is 17.2. The van der Waals surface area contributed by atoms with Gasteiger partial charge in [-0.15, -0.1) is 0 Å². The molecule has 0 N–H and O–H groups in total. The predicted molar refractivity (Wildman–Crippen MR) is 113 cm³/mol. The molecule has 0 unspecified atom stereocenters. The van der Waals surface area contributed by atoms with Gasteiger partial charge in [-0.25, -0.2) is 0 Å². The average molecular weight is 339 g/mol. The van der Waals surface area contributed by atoms with Crippen LogP contribution >= 0.6 is 0 Å². The van der Waals surface area contributed by atoms with Gasteiger partial charge in [0.1, 0.15) is 0 Å². The zero-order chi connectivity index (χ0) is 18.6. The Hall–Kier alpha value is -1.58. The summed E-state index contributed by atoms with van der Waals surface area (Å²) in [6.07, 6.45) is 14.7. The monoisotopic (exact) mass is 338 g/mol. The standard InChI is InChI=1S/C25H38/c1-5-9-13-16-19-23-25(22-18-15-11-7-3)24(20-12-8-4)21-17-14-10-6-2/h5-16,20H2,1-4H3/b25-24-. The van der Waals surface area contributed by atoms with Crippen molar-refractivity contribution in [2.24, 2.45) is 0 Å². The summed E-state index contributed by atoms with van der Waals surface area (Å²) in [7, 11) is 0. The molecular formula is C25H38. The van der Waals surface area contributed by atoms with E-state index < -0.39 is 0 Å². The van der Waals surface area contributed by atoms with Crippen LogP contribution in [0.4, 0.5) is 0 Å². The van der Waals surface area contributed by atoms with E-state index in [0.717, 1.165) is 44.1 Å². The fraction of sp³-hybridized carbons (Fsp3) is 0.680. The lowest BCUT2D eigenvalue weighted by Crippen LogP contribution is -1.88. The summed E-state index contributed by atoms with van der Waals surface area (Å²) in [6, 6.07) is 0. The first-order chi connectivity index (χ1) is 12.3. The smallest absolute Gasteiger partial charge is 0.0859 e. The second-order valence-electron chi connectivity index (χ2n) is 6.53. The van der Waals surface area contributed by atoms with Crippen LogP contribution in [0.15, 0.2) is 11.1 Å². The lowest BCUT2D eigenvalue weighted by Gasteiger charge is -2.00. The van der Waals surface area contributed by atoms with Gasteiger partial charge in [0, 0.05) is 24.8 Å². The van der Waals surface area contributed by atoms with Gasteiger partial charge in [0.05, 0.1) is 5.57 Å². The quantitative estimate of drug-likeness (QED) is 0.287. The van der Waals surface area contributed by atoms with Crippen LogP contribution in [-0.2, 0) is 0 Å². The van der Waals surface area contributed by atoms with Crippen molar-refractivity contribution in [3.05, 3.63) is 11.1 Å². The van der Waals surface area contributed by atoms with Crippen molar-refractivity contribution >= 4 is 0 Å². The van der Waals surface area contributed by atoms with Crippen LogP contribution in [0.1, 0.15) is 111 Å². The van der Waals surface area contributed by atoms with Crippen LogP contribution in [0.5, 0.6) is 0 Å². The van der Waals surface area contributed by atoms with Crippen molar-refractivity contribution in [2.45, 2.75) is 111 Å². The second kappa shape index (κ2) is 18.8. The molecule has 0 saturated heterocycles. The molecule has 0 nitrogen and oxygen atoms in total. The number of allylic oxidation sites excluding steroid dienone is 2. The van der Waals surface area contributed by atoms with E-state index in [-0.39, 0.29) is 0 Å². The molecule has 0 amide bonds. The van der Waals surface area contributed by atoms with Gasteiger partial charge >= 0.3 is 0 Å². The largest absolute Gasteiger partial charge is 0.0982 e. The zero-order valence-electron chi connectivity index (χ0n) is 17.2. The third-order valence-corrected chi connectivity index (χ3v) is 3.96. The molecule has 0 fully saturated rings. The molecule has 0 aromatic heterocycles. The molecule has 0 heteroatoms. The number of rotatable bonds is 10. The molecule has 0 aliphatic heterocycles. The van der Waals surface area contributed by atoms with E-state index >= 15 is 0 Å². The van der Waals surface area contributed by atoms with E-state index in [1.165, 1.54) is 50.5 Å². The van der Waals surface area contributed by atoms with Gasteiger partial charge in [-0.3, -0.25) is 0 Å². The number of hydrogen-bond acceptors (Lipinski definition) is 0. The highest BCUT2D eigenvalue weighted by atomic mass is 14.0. The highest BCUT2D eigenvalue weighted by Crippen LogP contribution is 2.12. The molecule has 0 aliphatic carbocycles. The summed E-state index contributed by atoms with van der Waals surface area (Å²) in [5, 5.41) is 0. The van der Waals surface area contributed by atoms with Crippen LogP contribution in [0.25, 0.3) is 0 Å². The average Bonchev–Trinajstić information content (AvgIpc) is 2.63. The topological polar surface area (TPSA) is 0 Å². The van der Waals surface area contributed by atoms with Crippen molar-refractivity contribution in [3.63, 3.8) is 0 Å². The summed E-state index contributed by atoms with van der Waals surface area (Å²) in [4.78, 5) is 0. The molecule has 0 aromatic rings. The summed E-state index contributed by atoms with van der Waals surface area (Å²) < 4.78 is 0. The minimum absolute atomic E-state index is 0.960. The van der Waals surface area contributed by atoms with Gasteiger partial charge in [0.2, 0.25) is 0 Å². The molecule has 25 heavy (non-hydrogen) atoms. The van der Waals surface area contributed by atoms with Crippen molar-refractivity contribution < 1.29 is 0 Å². The molecule has 0 spiro atoms. The molecule has 0 rings (SSSR count). The Bertz CT molecular complexity index is 528. The Kier molecular flexibility index (Phi) is 17.6. The van der Waals surface area contributed by atoms with Gasteiger partial charge in [-0.1, -0.05) is 95.3 Å². The third kappa shape index (κ3) is 14.5. The molecule has 0 bridgehead atoms. The van der Waals surface area contributed by atoms with Gasteiger partial charge in [-0.2, -0.15) is 0 Å². The van der Waals surface area contributed by atoms with Crippen LogP contribution in [0.2, 0.25) is 0 Å². The lowest BCUT2D eigenvalue weighted by molar-refractivity contribution is 0.737. The minimum Gasteiger partial charge on any atom is -0.0982 e. The summed E-state index contributed by atoms with van der Waals surface area (Å²) in [5.74, 6) is 20.1. The van der Waals surface area contributed by atoms with E-state index in [0.29, 0.717) is 0 Å². The van der Waals surface area contributed by atoms with Crippen molar-refractivity contribution in [2.75, 3.05) is 0 Å². The van der Waals surface area contributed by atoms with Gasteiger partial charge in [0.25, 0.3) is 0 Å². The second-order valence-corrected chi connectivity index (χ2v) is 6.53. The predicted octanol–water partition coefficient (Wildman–Crippen LogP) is 7.44. The molecule has 0 atom stereocenters. The Morgan fingerprint density at radius 3 is 1.52 bits per heavy atom.